The molecule has 0 unspecified atom stereocenters. The molecular weight excluding hydrogens is 410 g/mol. The third-order valence-corrected chi connectivity index (χ3v) is 4.08. The quantitative estimate of drug-likeness (QED) is 0.459. The predicted molar refractivity (Wildman–Crippen MR) is 106 cm³/mol. The fourth-order valence-corrected chi connectivity index (χ4v) is 2.50. The topological polar surface area (TPSA) is 64.6 Å². The lowest BCUT2D eigenvalue weighted by Gasteiger charge is -2.08. The lowest BCUT2D eigenvalue weighted by molar-refractivity contribution is -0.136. The maximum atomic E-state index is 12.2. The van der Waals surface area contributed by atoms with Gasteiger partial charge in [-0.25, -0.2) is 4.79 Å². The number of hydrogen-bond donors (Lipinski definition) is 1. The van der Waals surface area contributed by atoms with E-state index in [-0.39, 0.29) is 12.5 Å². The van der Waals surface area contributed by atoms with E-state index in [1.54, 1.807) is 48.5 Å². The van der Waals surface area contributed by atoms with E-state index in [9.17, 15) is 9.59 Å². The second-order valence-corrected chi connectivity index (χ2v) is 6.48. The molecule has 0 spiro atoms. The molecule has 3 aromatic carbocycles. The maximum Gasteiger partial charge on any atom is 0.349 e. The van der Waals surface area contributed by atoms with Crippen molar-refractivity contribution >= 4 is 33.5 Å². The maximum absolute atomic E-state index is 12.2. The van der Waals surface area contributed by atoms with Gasteiger partial charge in [-0.1, -0.05) is 34.1 Å². The molecule has 0 saturated carbocycles. The zero-order valence-electron chi connectivity index (χ0n) is 14.2. The number of benzene rings is 3. The van der Waals surface area contributed by atoms with Gasteiger partial charge in [0.1, 0.15) is 11.5 Å². The number of halogens is 1. The van der Waals surface area contributed by atoms with E-state index in [2.05, 4.69) is 21.2 Å². The Kier molecular flexibility index (Phi) is 6.22. The van der Waals surface area contributed by atoms with Crippen molar-refractivity contribution in [1.82, 2.24) is 0 Å². The zero-order valence-corrected chi connectivity index (χ0v) is 15.8. The Morgan fingerprint density at radius 3 is 2.11 bits per heavy atom. The Morgan fingerprint density at radius 1 is 0.815 bits per heavy atom. The second kappa shape index (κ2) is 9.00. The van der Waals surface area contributed by atoms with Crippen LogP contribution in [0.1, 0.15) is 10.4 Å². The molecule has 0 radical (unpaired) electrons. The van der Waals surface area contributed by atoms with E-state index in [1.807, 2.05) is 30.3 Å². The van der Waals surface area contributed by atoms with Crippen molar-refractivity contribution in [3.8, 4) is 11.5 Å². The standard InChI is InChI=1S/C21H16BrNO4/c22-16-8-12-18(13-9-16)26-14-20(24)27-19-10-6-15(7-11-19)21(25)23-17-4-2-1-3-5-17/h1-13H,14H2,(H,23,25). The molecule has 0 aliphatic rings. The number of amides is 1. The van der Waals surface area contributed by atoms with Gasteiger partial charge in [0.2, 0.25) is 0 Å². The van der Waals surface area contributed by atoms with Crippen LogP contribution in [0.4, 0.5) is 5.69 Å². The zero-order chi connectivity index (χ0) is 19.1. The Bertz CT molecular complexity index is 909. The van der Waals surface area contributed by atoms with Crippen molar-refractivity contribution < 1.29 is 19.1 Å². The number of carbonyl (C=O) groups excluding carboxylic acids is 2. The summed E-state index contributed by atoms with van der Waals surface area (Å²) < 4.78 is 11.5. The highest BCUT2D eigenvalue weighted by molar-refractivity contribution is 9.10. The number of anilines is 1. The van der Waals surface area contributed by atoms with Crippen molar-refractivity contribution in [2.45, 2.75) is 0 Å². The Hall–Kier alpha value is -3.12. The van der Waals surface area contributed by atoms with Gasteiger partial charge in [0.15, 0.2) is 6.61 Å². The highest BCUT2D eigenvalue weighted by atomic mass is 79.9. The van der Waals surface area contributed by atoms with Crippen LogP contribution in [0.5, 0.6) is 11.5 Å². The number of carbonyl (C=O) groups is 2. The Balaban J connectivity index is 1.51. The van der Waals surface area contributed by atoms with Gasteiger partial charge in [-0.05, 0) is 60.7 Å². The fraction of sp³-hybridized carbons (Fsp3) is 0.0476. The summed E-state index contributed by atoms with van der Waals surface area (Å²) in [5.74, 6) is 0.149. The van der Waals surface area contributed by atoms with Crippen molar-refractivity contribution in [2.24, 2.45) is 0 Å². The van der Waals surface area contributed by atoms with E-state index in [0.717, 1.165) is 4.47 Å². The SMILES string of the molecule is O=C(COc1ccc(Br)cc1)Oc1ccc(C(=O)Nc2ccccc2)cc1. The lowest BCUT2D eigenvalue weighted by Crippen LogP contribution is -2.18. The molecule has 27 heavy (non-hydrogen) atoms. The molecule has 1 N–H and O–H groups in total. The first kappa shape index (κ1) is 18.7. The van der Waals surface area contributed by atoms with Gasteiger partial charge in [-0.15, -0.1) is 0 Å². The summed E-state index contributed by atoms with van der Waals surface area (Å²) in [5, 5.41) is 2.79. The molecular formula is C21H16BrNO4. The average molecular weight is 426 g/mol. The normalized spacial score (nSPS) is 10.1. The first-order valence-corrected chi connectivity index (χ1v) is 8.95. The van der Waals surface area contributed by atoms with Crippen LogP contribution in [0.2, 0.25) is 0 Å². The molecule has 0 bridgehead atoms. The van der Waals surface area contributed by atoms with Gasteiger partial charge in [0.05, 0.1) is 0 Å². The van der Waals surface area contributed by atoms with Crippen LogP contribution in [-0.4, -0.2) is 18.5 Å². The van der Waals surface area contributed by atoms with Crippen molar-refractivity contribution in [1.29, 1.82) is 0 Å². The minimum Gasteiger partial charge on any atom is -0.482 e. The Morgan fingerprint density at radius 2 is 1.44 bits per heavy atom. The average Bonchev–Trinajstić information content (AvgIpc) is 2.69. The molecule has 3 aromatic rings. The third-order valence-electron chi connectivity index (χ3n) is 3.55. The van der Waals surface area contributed by atoms with Gasteiger partial charge in [-0.2, -0.15) is 0 Å². The van der Waals surface area contributed by atoms with Crippen LogP contribution in [0, 0.1) is 0 Å². The molecule has 0 aromatic heterocycles. The number of nitrogens with one attached hydrogen (secondary N) is 1. The van der Waals surface area contributed by atoms with E-state index in [1.165, 1.54) is 0 Å². The highest BCUT2D eigenvalue weighted by Crippen LogP contribution is 2.17. The molecule has 136 valence electrons. The largest absolute Gasteiger partial charge is 0.482 e. The summed E-state index contributed by atoms with van der Waals surface area (Å²) in [4.78, 5) is 24.1. The van der Waals surface area contributed by atoms with Gasteiger partial charge in [0.25, 0.3) is 5.91 Å². The monoisotopic (exact) mass is 425 g/mol. The number of hydrogen-bond acceptors (Lipinski definition) is 4. The highest BCUT2D eigenvalue weighted by Gasteiger charge is 2.09. The van der Waals surface area contributed by atoms with Gasteiger partial charge in [0, 0.05) is 15.7 Å². The minimum atomic E-state index is -0.528. The van der Waals surface area contributed by atoms with Crippen LogP contribution in [0.25, 0.3) is 0 Å². The van der Waals surface area contributed by atoms with Crippen LogP contribution >= 0.6 is 15.9 Å². The molecule has 0 aliphatic carbocycles. The van der Waals surface area contributed by atoms with Crippen molar-refractivity contribution in [3.63, 3.8) is 0 Å². The predicted octanol–water partition coefficient (Wildman–Crippen LogP) is 4.69. The smallest absolute Gasteiger partial charge is 0.349 e. The molecule has 6 heteroatoms. The van der Waals surface area contributed by atoms with Crippen LogP contribution < -0.4 is 14.8 Å². The van der Waals surface area contributed by atoms with Crippen LogP contribution in [0.15, 0.2) is 83.3 Å². The van der Waals surface area contributed by atoms with Crippen molar-refractivity contribution in [3.05, 3.63) is 88.9 Å². The van der Waals surface area contributed by atoms with Crippen LogP contribution in [0.3, 0.4) is 0 Å². The summed E-state index contributed by atoms with van der Waals surface area (Å²) in [7, 11) is 0. The summed E-state index contributed by atoms with van der Waals surface area (Å²) in [5.41, 5.74) is 1.17. The number of para-hydroxylation sites is 1. The Labute approximate surface area is 165 Å². The molecule has 5 nitrogen and oxygen atoms in total. The summed E-state index contributed by atoms with van der Waals surface area (Å²) in [6.45, 7) is -0.210. The number of ether oxygens (including phenoxy) is 2. The molecule has 0 heterocycles. The van der Waals surface area contributed by atoms with Crippen LogP contribution in [-0.2, 0) is 4.79 Å². The van der Waals surface area contributed by atoms with Gasteiger partial charge < -0.3 is 14.8 Å². The summed E-state index contributed by atoms with van der Waals surface area (Å²) >= 11 is 3.33. The van der Waals surface area contributed by atoms with Gasteiger partial charge >= 0.3 is 5.97 Å². The van der Waals surface area contributed by atoms with E-state index < -0.39 is 5.97 Å². The summed E-state index contributed by atoms with van der Waals surface area (Å²) in [6.07, 6.45) is 0. The molecule has 1 amide bonds. The molecule has 0 saturated heterocycles. The first-order chi connectivity index (χ1) is 13.1. The summed E-state index contributed by atoms with van der Waals surface area (Å²) in [6, 6.07) is 22.6. The molecule has 3 rings (SSSR count). The fourth-order valence-electron chi connectivity index (χ4n) is 2.23. The first-order valence-electron chi connectivity index (χ1n) is 8.16. The van der Waals surface area contributed by atoms with E-state index >= 15 is 0 Å². The molecule has 0 atom stereocenters. The number of esters is 1. The lowest BCUT2D eigenvalue weighted by atomic mass is 10.2. The van der Waals surface area contributed by atoms with Crippen molar-refractivity contribution in [2.75, 3.05) is 11.9 Å². The molecule has 0 fully saturated rings. The number of rotatable bonds is 6. The third kappa shape index (κ3) is 5.69. The van der Waals surface area contributed by atoms with Gasteiger partial charge in [-0.3, -0.25) is 4.79 Å². The van der Waals surface area contributed by atoms with E-state index in [0.29, 0.717) is 22.7 Å². The molecule has 0 aliphatic heterocycles. The minimum absolute atomic E-state index is 0.210. The second-order valence-electron chi connectivity index (χ2n) is 5.56. The van der Waals surface area contributed by atoms with E-state index in [4.69, 9.17) is 9.47 Å².